The smallest absolute Gasteiger partial charge is 0.305 e. The Morgan fingerprint density at radius 3 is 0.654 bits per heavy atom. The number of esters is 3. The van der Waals surface area contributed by atoms with E-state index in [0.29, 0.717) is 39.1 Å². The number of ether oxygens (including phenoxy) is 3. The zero-order chi connectivity index (χ0) is 58.7. The molecule has 482 valence electrons. The van der Waals surface area contributed by atoms with Crippen molar-refractivity contribution >= 4 is 17.9 Å². The summed E-state index contributed by atoms with van der Waals surface area (Å²) in [7, 11) is 0. The van der Waals surface area contributed by atoms with Crippen LogP contribution in [0.15, 0.2) is 0 Å². The van der Waals surface area contributed by atoms with Crippen LogP contribution in [-0.2, 0) is 28.6 Å². The Kier molecular flexibility index (Phi) is 67.6. The summed E-state index contributed by atoms with van der Waals surface area (Å²) >= 11 is 0. The third-order valence-electron chi connectivity index (χ3n) is 16.9. The molecule has 0 aromatic heterocycles. The summed E-state index contributed by atoms with van der Waals surface area (Å²) in [6, 6.07) is 0. The van der Waals surface area contributed by atoms with Crippen molar-refractivity contribution in [3.63, 3.8) is 0 Å². The summed E-state index contributed by atoms with van der Waals surface area (Å²) in [5.41, 5.74) is 0. The highest BCUT2D eigenvalue weighted by molar-refractivity contribution is 5.69. The summed E-state index contributed by atoms with van der Waals surface area (Å²) < 4.78 is 16.7. The molecule has 0 aromatic rings. The van der Waals surface area contributed by atoms with Crippen LogP contribution in [0.1, 0.15) is 380 Å². The van der Waals surface area contributed by atoms with Gasteiger partial charge in [0.05, 0.1) is 19.8 Å². The maximum atomic E-state index is 12.4. The van der Waals surface area contributed by atoms with Gasteiger partial charge in [-0.05, 0) is 103 Å². The first kappa shape index (κ1) is 79.3. The number of aliphatic hydroxyl groups excluding tert-OH is 1. The molecule has 0 fully saturated rings. The van der Waals surface area contributed by atoms with Gasteiger partial charge in [-0.1, -0.05) is 290 Å². The van der Waals surface area contributed by atoms with E-state index in [1.165, 1.54) is 257 Å². The van der Waals surface area contributed by atoms with Gasteiger partial charge in [0.1, 0.15) is 0 Å². The van der Waals surface area contributed by atoms with Gasteiger partial charge >= 0.3 is 17.9 Å². The fraction of sp³-hybridized carbons (Fsp3) is 0.958. The van der Waals surface area contributed by atoms with Crippen LogP contribution in [0.4, 0.5) is 0 Å². The van der Waals surface area contributed by atoms with E-state index in [4.69, 9.17) is 14.2 Å². The number of carbonyl (C=O) groups excluding carboxylic acids is 3. The average Bonchev–Trinajstić information content (AvgIpc) is 3.46. The maximum Gasteiger partial charge on any atom is 0.305 e. The molecule has 9 heteroatoms. The molecule has 0 atom stereocenters. The molecule has 0 radical (unpaired) electrons. The number of aliphatic hydroxyl groups is 1. The van der Waals surface area contributed by atoms with Crippen molar-refractivity contribution in [2.75, 3.05) is 65.7 Å². The van der Waals surface area contributed by atoms with Gasteiger partial charge in [-0.3, -0.25) is 14.4 Å². The Labute approximate surface area is 505 Å². The van der Waals surface area contributed by atoms with Crippen LogP contribution in [0.3, 0.4) is 0 Å². The number of nitrogens with zero attached hydrogens (tertiary/aromatic N) is 2. The van der Waals surface area contributed by atoms with Crippen molar-refractivity contribution in [3.8, 4) is 0 Å². The minimum atomic E-state index is -0.0229. The summed E-state index contributed by atoms with van der Waals surface area (Å²) in [6.45, 7) is 15.2. The van der Waals surface area contributed by atoms with Crippen LogP contribution >= 0.6 is 0 Å². The molecule has 0 aliphatic heterocycles. The molecule has 0 saturated heterocycles. The van der Waals surface area contributed by atoms with Crippen molar-refractivity contribution in [1.29, 1.82) is 0 Å². The molecule has 0 aromatic carbocycles. The summed E-state index contributed by atoms with van der Waals surface area (Å²) in [5.74, 6) is -0.0577. The third-order valence-corrected chi connectivity index (χ3v) is 16.9. The number of hydrogen-bond acceptors (Lipinski definition) is 9. The fourth-order valence-corrected chi connectivity index (χ4v) is 11.5. The van der Waals surface area contributed by atoms with E-state index in [2.05, 4.69) is 30.6 Å². The molecule has 0 heterocycles. The quantitative estimate of drug-likeness (QED) is 0.0362. The molecule has 81 heavy (non-hydrogen) atoms. The minimum absolute atomic E-state index is 0.0174. The number of unbranched alkanes of at least 4 members (excludes halogenated alkanes) is 45. The van der Waals surface area contributed by atoms with E-state index in [0.717, 1.165) is 123 Å². The van der Waals surface area contributed by atoms with Crippen LogP contribution < -0.4 is 0 Å². The van der Waals surface area contributed by atoms with E-state index in [1.807, 2.05) is 0 Å². The lowest BCUT2D eigenvalue weighted by Crippen LogP contribution is -2.33. The van der Waals surface area contributed by atoms with Crippen LogP contribution in [0, 0.1) is 0 Å². The predicted octanol–water partition coefficient (Wildman–Crippen LogP) is 21.1. The average molecular weight is 1150 g/mol. The number of carbonyl (C=O) groups is 3. The van der Waals surface area contributed by atoms with Gasteiger partial charge in [0, 0.05) is 32.4 Å². The van der Waals surface area contributed by atoms with Crippen LogP contribution in [-0.4, -0.2) is 98.5 Å². The number of hydrogen-bond donors (Lipinski definition) is 1. The van der Waals surface area contributed by atoms with Gasteiger partial charge in [-0.15, -0.1) is 0 Å². The van der Waals surface area contributed by atoms with Crippen molar-refractivity contribution in [2.24, 2.45) is 0 Å². The lowest BCUT2D eigenvalue weighted by molar-refractivity contribution is -0.144. The zero-order valence-electron chi connectivity index (χ0n) is 55.0. The Hall–Kier alpha value is -1.71. The molecule has 0 unspecified atom stereocenters. The van der Waals surface area contributed by atoms with E-state index in [9.17, 15) is 19.5 Å². The highest BCUT2D eigenvalue weighted by Gasteiger charge is 2.11. The largest absolute Gasteiger partial charge is 0.466 e. The second kappa shape index (κ2) is 69.1. The third kappa shape index (κ3) is 65.7. The normalized spacial score (nSPS) is 11.6. The van der Waals surface area contributed by atoms with Crippen LogP contribution in [0.2, 0.25) is 0 Å². The van der Waals surface area contributed by atoms with Gasteiger partial charge in [-0.2, -0.15) is 0 Å². The van der Waals surface area contributed by atoms with Gasteiger partial charge in [0.2, 0.25) is 0 Å². The Morgan fingerprint density at radius 1 is 0.235 bits per heavy atom. The fourth-order valence-electron chi connectivity index (χ4n) is 11.5. The van der Waals surface area contributed by atoms with E-state index < -0.39 is 0 Å². The molecule has 0 amide bonds. The van der Waals surface area contributed by atoms with E-state index >= 15 is 0 Å². The van der Waals surface area contributed by atoms with Gasteiger partial charge in [0.15, 0.2) is 0 Å². The SMILES string of the molecule is CCCCCCCCCCCCCCOC(=O)CCCCCCCN(CCCO)CCCN(CCCCCCCC(=O)OCCCCCCCCCCCCCC)CCCCCCCC(=O)OCCCCCCCCCCCCCC. The van der Waals surface area contributed by atoms with Crippen molar-refractivity contribution < 1.29 is 33.7 Å². The molecule has 0 aliphatic rings. The molecule has 0 saturated carbocycles. The highest BCUT2D eigenvalue weighted by atomic mass is 16.5. The standard InChI is InChI=1S/C72H142N2O7/c1-4-7-10-13-16-19-22-25-28-31-43-52-67-79-70(76)57-46-37-34-40-49-60-73(61-50-41-35-38-47-58-71(77)80-68-53-44-32-29-26-23-20-17-14-11-8-5-2)63-55-64-74(65-56-66-75)62-51-42-36-39-48-59-72(78)81-69-54-45-33-30-27-24-21-18-15-12-9-6-3/h75H,4-69H2,1-3H3. The molecule has 0 spiro atoms. The Morgan fingerprint density at radius 2 is 0.420 bits per heavy atom. The molecular formula is C72H142N2O7. The Bertz CT molecular complexity index is 1200. The molecule has 0 bridgehead atoms. The molecule has 0 rings (SSSR count). The van der Waals surface area contributed by atoms with Crippen molar-refractivity contribution in [2.45, 2.75) is 380 Å². The zero-order valence-corrected chi connectivity index (χ0v) is 55.0. The Balaban J connectivity index is 4.49. The first-order chi connectivity index (χ1) is 40.0. The highest BCUT2D eigenvalue weighted by Crippen LogP contribution is 2.17. The van der Waals surface area contributed by atoms with Gasteiger partial charge in [-0.25, -0.2) is 0 Å². The lowest BCUT2D eigenvalue weighted by Gasteiger charge is -2.26. The molecular weight excluding hydrogens is 1000 g/mol. The van der Waals surface area contributed by atoms with Crippen molar-refractivity contribution in [1.82, 2.24) is 9.80 Å². The topological polar surface area (TPSA) is 106 Å². The summed E-state index contributed by atoms with van der Waals surface area (Å²) in [4.78, 5) is 42.4. The number of rotatable bonds is 70. The molecule has 0 aliphatic carbocycles. The van der Waals surface area contributed by atoms with E-state index in [1.54, 1.807) is 0 Å². The summed E-state index contributed by atoms with van der Waals surface area (Å²) in [5, 5.41) is 9.69. The van der Waals surface area contributed by atoms with Gasteiger partial charge in [0.25, 0.3) is 0 Å². The molecule has 1 N–H and O–H groups in total. The molecule has 9 nitrogen and oxygen atoms in total. The van der Waals surface area contributed by atoms with Crippen LogP contribution in [0.25, 0.3) is 0 Å². The first-order valence-corrected chi connectivity index (χ1v) is 36.5. The second-order valence-corrected chi connectivity index (χ2v) is 25.0. The monoisotopic (exact) mass is 1150 g/mol. The van der Waals surface area contributed by atoms with Crippen LogP contribution in [0.5, 0.6) is 0 Å². The predicted molar refractivity (Wildman–Crippen MR) is 348 cm³/mol. The maximum absolute atomic E-state index is 12.4. The lowest BCUT2D eigenvalue weighted by atomic mass is 10.1. The van der Waals surface area contributed by atoms with Crippen molar-refractivity contribution in [3.05, 3.63) is 0 Å². The van der Waals surface area contributed by atoms with E-state index in [-0.39, 0.29) is 24.5 Å². The summed E-state index contributed by atoms with van der Waals surface area (Å²) in [6.07, 6.45) is 67.5. The van der Waals surface area contributed by atoms with Gasteiger partial charge < -0.3 is 29.1 Å². The first-order valence-electron chi connectivity index (χ1n) is 36.5. The minimum Gasteiger partial charge on any atom is -0.466 e. The second-order valence-electron chi connectivity index (χ2n) is 25.0.